The van der Waals surface area contributed by atoms with Crippen molar-refractivity contribution < 1.29 is 89.7 Å². The van der Waals surface area contributed by atoms with Gasteiger partial charge in [0.25, 0.3) is 0 Å². The topological polar surface area (TPSA) is 404 Å². The van der Waals surface area contributed by atoms with Crippen LogP contribution >= 0.6 is 15.6 Å². The van der Waals surface area contributed by atoms with E-state index < -0.39 is 114 Å². The number of phosphoric ester groups is 2. The van der Waals surface area contributed by atoms with E-state index in [2.05, 4.69) is 35.1 Å². The molecule has 8 rings (SSSR count). The van der Waals surface area contributed by atoms with Crippen LogP contribution in [0.3, 0.4) is 0 Å². The number of alkyl carbamates (subject to hydrolysis) is 1. The van der Waals surface area contributed by atoms with Gasteiger partial charge in [-0.1, -0.05) is 24.3 Å². The molecule has 74 heavy (non-hydrogen) atoms. The van der Waals surface area contributed by atoms with E-state index in [-0.39, 0.29) is 48.3 Å². The molecule has 398 valence electrons. The second-order valence-corrected chi connectivity index (χ2v) is 19.4. The lowest BCUT2D eigenvalue weighted by molar-refractivity contribution is -0.181. The second-order valence-electron chi connectivity index (χ2n) is 16.8. The first kappa shape index (κ1) is 53.9. The zero-order valence-corrected chi connectivity index (χ0v) is 40.5. The van der Waals surface area contributed by atoms with Gasteiger partial charge in [0.05, 0.1) is 26.0 Å². The van der Waals surface area contributed by atoms with Crippen LogP contribution in [-0.2, 0) is 73.7 Å². The first-order valence-corrected chi connectivity index (χ1v) is 25.4. The van der Waals surface area contributed by atoms with Gasteiger partial charge in [-0.15, -0.1) is 0 Å². The molecule has 32 heteroatoms. The fourth-order valence-electron chi connectivity index (χ4n) is 7.94. The molecule has 3 aliphatic heterocycles. The minimum absolute atomic E-state index is 0.00633. The summed E-state index contributed by atoms with van der Waals surface area (Å²) in [6, 6.07) is 11.6. The average molecular weight is 1080 g/mol. The van der Waals surface area contributed by atoms with Crippen molar-refractivity contribution in [3.8, 4) is 0 Å². The number of halogens is 1. The molecular formula is C42H49FN10O19P2. The second kappa shape index (κ2) is 23.0. The van der Waals surface area contributed by atoms with Crippen LogP contribution in [0.4, 0.5) is 26.5 Å². The molecule has 2 unspecified atom stereocenters. The summed E-state index contributed by atoms with van der Waals surface area (Å²) in [5.41, 5.74) is 12.4. The van der Waals surface area contributed by atoms with Crippen LogP contribution in [0.2, 0.25) is 0 Å². The van der Waals surface area contributed by atoms with E-state index in [0.29, 0.717) is 29.7 Å². The maximum absolute atomic E-state index is 14.0. The van der Waals surface area contributed by atoms with Crippen LogP contribution in [0, 0.1) is 5.82 Å². The monoisotopic (exact) mass is 1080 g/mol. The predicted octanol–water partition coefficient (Wildman–Crippen LogP) is 1.08. The molecule has 2 aromatic carbocycles. The Morgan fingerprint density at radius 3 is 2.31 bits per heavy atom. The van der Waals surface area contributed by atoms with Crippen LogP contribution in [0.15, 0.2) is 78.2 Å². The van der Waals surface area contributed by atoms with Crippen LogP contribution in [0.5, 0.6) is 0 Å². The van der Waals surface area contributed by atoms with Gasteiger partial charge >= 0.3 is 33.4 Å². The first-order valence-electron chi connectivity index (χ1n) is 22.4. The summed E-state index contributed by atoms with van der Waals surface area (Å²) >= 11 is 0. The maximum atomic E-state index is 14.0. The molecule has 0 radical (unpaired) electrons. The van der Waals surface area contributed by atoms with Crippen LogP contribution in [-0.4, -0.2) is 136 Å². The normalized spacial score (nSPS) is 25.1. The Balaban J connectivity index is 0.944. The largest absolute Gasteiger partial charge is 0.472 e. The number of phosphoric acid groups is 2. The minimum atomic E-state index is -5.45. The number of fused-ring (bicyclic) bond motifs is 1. The van der Waals surface area contributed by atoms with E-state index in [1.807, 2.05) is 0 Å². The number of hydrogen-bond acceptors (Lipinski definition) is 22. The van der Waals surface area contributed by atoms with Gasteiger partial charge < -0.3 is 70.3 Å². The number of amides is 2. The number of hydrogen-bond donors (Lipinski definition) is 8. The molecule has 0 aliphatic carbocycles. The molecule has 29 nitrogen and oxygen atoms in total. The Kier molecular flexibility index (Phi) is 16.8. The van der Waals surface area contributed by atoms with Crippen molar-refractivity contribution in [3.05, 3.63) is 101 Å². The Labute approximate surface area is 417 Å². The fraction of sp³-hybridized carbons (Fsp3) is 0.429. The molecule has 0 spiro atoms. The van der Waals surface area contributed by atoms with Gasteiger partial charge in [0.15, 0.2) is 36.3 Å². The predicted molar refractivity (Wildman–Crippen MR) is 247 cm³/mol. The number of nitrogens with zero attached hydrogens (tertiary/aromatic N) is 6. The standard InChI is InChI=1S/C42H49FN10O19P2/c1-21(49-42(58)65-16-23-6-10-25(11-7-23)50-29(54)15-22-4-8-24(43)9-5-22)40(56)71-33-26(68-38(32(33)55)53-20-48-31-36(45)46-19-47-37(31)53)18-67-74(62,63)72-34-27(17-66-73(59,60)61)69-39(35(34)70-30-3-2-14-64-30)52-13-12-28(44)51-41(52)57/h4-13,19-21,26-27,30,32-35,38-39,55H,2-3,14-18H2,1H3,(H,49,58)(H,50,54)(H,62,63)(H2,44,51,57)(H2,45,46,47)(H2,59,60,61)/t21-,26-,27-,30?,32-,33-,34-,35-,38-,39-/m1/s1. The summed E-state index contributed by atoms with van der Waals surface area (Å²) in [5, 5.41) is 16.7. The van der Waals surface area contributed by atoms with E-state index in [1.54, 1.807) is 24.3 Å². The number of rotatable bonds is 20. The highest BCUT2D eigenvalue weighted by molar-refractivity contribution is 7.47. The first-order chi connectivity index (χ1) is 35.2. The van der Waals surface area contributed by atoms with Gasteiger partial charge in [-0.25, -0.2) is 42.9 Å². The number of aliphatic hydroxyl groups is 1. The van der Waals surface area contributed by atoms with E-state index >= 15 is 0 Å². The van der Waals surface area contributed by atoms with Gasteiger partial charge in [0, 0.05) is 24.9 Å². The number of imidazole rings is 1. The van der Waals surface area contributed by atoms with Crippen molar-refractivity contribution >= 4 is 62.1 Å². The number of aliphatic hydroxyl groups excluding tert-OH is 1. The van der Waals surface area contributed by atoms with Crippen LogP contribution < -0.4 is 27.8 Å². The van der Waals surface area contributed by atoms with Crippen molar-refractivity contribution in [2.45, 2.75) is 94.2 Å². The number of anilines is 3. The van der Waals surface area contributed by atoms with E-state index in [9.17, 15) is 52.5 Å². The van der Waals surface area contributed by atoms with Crippen LogP contribution in [0.25, 0.3) is 11.2 Å². The number of esters is 1. The third-order valence-corrected chi connectivity index (χ3v) is 12.9. The van der Waals surface area contributed by atoms with Gasteiger partial charge in [-0.05, 0) is 54.8 Å². The van der Waals surface area contributed by atoms with E-state index in [1.165, 1.54) is 54.3 Å². The summed E-state index contributed by atoms with van der Waals surface area (Å²) in [7, 11) is -10.7. The molecule has 3 aromatic heterocycles. The van der Waals surface area contributed by atoms with Gasteiger partial charge in [-0.3, -0.25) is 27.5 Å². The highest BCUT2D eigenvalue weighted by atomic mass is 31.2. The molecule has 10 N–H and O–H groups in total. The number of nitrogen functional groups attached to an aromatic ring is 2. The summed E-state index contributed by atoms with van der Waals surface area (Å²) in [6.07, 6.45) is -10.9. The Morgan fingerprint density at radius 1 is 0.905 bits per heavy atom. The SMILES string of the molecule is C[C@@H](NC(=O)OCc1ccc(NC(=O)Cc2ccc(F)cc2)cc1)C(=O)O[C@H]1[C@@H](O)[C@H](n2cnc3c(N)ncnc32)O[C@@H]1COP(=O)(O)O[C@H]1[C@@H](OC2CCCO2)[C@H](n2ccc(N)nc2=O)O[C@@H]1COP(=O)(O)O. The highest BCUT2D eigenvalue weighted by Gasteiger charge is 2.54. The third-order valence-electron chi connectivity index (χ3n) is 11.5. The summed E-state index contributed by atoms with van der Waals surface area (Å²) < 4.78 is 91.4. The molecular weight excluding hydrogens is 1030 g/mol. The molecule has 3 aliphatic rings. The Hall–Kier alpha value is -6.37. The molecule has 2 amide bonds. The molecule has 3 saturated heterocycles. The number of ether oxygens (including phenoxy) is 6. The van der Waals surface area contributed by atoms with Crippen molar-refractivity contribution in [2.24, 2.45) is 0 Å². The summed E-state index contributed by atoms with van der Waals surface area (Å²) in [5.74, 6) is -2.11. The molecule has 6 heterocycles. The van der Waals surface area contributed by atoms with E-state index in [0.717, 1.165) is 10.9 Å². The molecule has 0 saturated carbocycles. The molecule has 5 aromatic rings. The van der Waals surface area contributed by atoms with Crippen molar-refractivity contribution in [3.63, 3.8) is 0 Å². The highest BCUT2D eigenvalue weighted by Crippen LogP contribution is 2.51. The lowest BCUT2D eigenvalue weighted by atomic mass is 10.1. The van der Waals surface area contributed by atoms with Gasteiger partial charge in [0.1, 0.15) is 66.6 Å². The molecule has 11 atom stereocenters. The zero-order chi connectivity index (χ0) is 52.9. The molecule has 3 fully saturated rings. The quantitative estimate of drug-likeness (QED) is 0.0399. The van der Waals surface area contributed by atoms with Crippen LogP contribution in [0.1, 0.15) is 43.3 Å². The minimum Gasteiger partial charge on any atom is -0.455 e. The lowest BCUT2D eigenvalue weighted by Gasteiger charge is -2.29. The van der Waals surface area contributed by atoms with Gasteiger partial charge in [0.2, 0.25) is 5.91 Å². The summed E-state index contributed by atoms with van der Waals surface area (Å²) in [4.78, 5) is 98.2. The number of nitrogens with two attached hydrogens (primary N) is 2. The van der Waals surface area contributed by atoms with Crippen molar-refractivity contribution in [1.29, 1.82) is 0 Å². The zero-order valence-electron chi connectivity index (χ0n) is 38.7. The average Bonchev–Trinajstić information content (AvgIpc) is 4.15. The van der Waals surface area contributed by atoms with Crippen molar-refractivity contribution in [1.82, 2.24) is 34.4 Å². The van der Waals surface area contributed by atoms with E-state index in [4.69, 9.17) is 48.9 Å². The smallest absolute Gasteiger partial charge is 0.455 e. The number of benzene rings is 2. The number of nitrogens with one attached hydrogen (secondary N) is 2. The molecule has 0 bridgehead atoms. The third kappa shape index (κ3) is 13.5. The Bertz CT molecular complexity index is 2960. The lowest BCUT2D eigenvalue weighted by Crippen LogP contribution is -2.45. The number of carbonyl (C=O) groups excluding carboxylic acids is 3. The number of aromatic nitrogens is 6. The summed E-state index contributed by atoms with van der Waals surface area (Å²) in [6.45, 7) is -0.726. The maximum Gasteiger partial charge on any atom is 0.472 e. The van der Waals surface area contributed by atoms with Gasteiger partial charge in [-0.2, -0.15) is 4.98 Å². The Morgan fingerprint density at radius 2 is 1.61 bits per heavy atom. The number of carbonyl (C=O) groups is 3. The fourth-order valence-corrected chi connectivity index (χ4v) is 9.24. The van der Waals surface area contributed by atoms with Crippen molar-refractivity contribution in [2.75, 3.05) is 36.6 Å².